The minimum atomic E-state index is 0.0221. The monoisotopic (exact) mass is 370 g/mol. The molecule has 0 bridgehead atoms. The van der Waals surface area contributed by atoms with E-state index >= 15 is 0 Å². The summed E-state index contributed by atoms with van der Waals surface area (Å²) < 4.78 is 0.712. The zero-order chi connectivity index (χ0) is 17.4. The average Bonchev–Trinajstić information content (AvgIpc) is 3.02. The van der Waals surface area contributed by atoms with Crippen LogP contribution in [0.25, 0.3) is 0 Å². The molecule has 1 fully saturated rings. The maximum atomic E-state index is 12.1. The molecule has 0 aromatic carbocycles. The average molecular weight is 371 g/mol. The molecular weight excluding hydrogens is 344 g/mol. The van der Waals surface area contributed by atoms with E-state index in [9.17, 15) is 9.59 Å². The summed E-state index contributed by atoms with van der Waals surface area (Å²) in [4.78, 5) is 25.9. The predicted molar refractivity (Wildman–Crippen MR) is 98.4 cm³/mol. The molecule has 1 aromatic heterocycles. The molecule has 0 saturated heterocycles. The summed E-state index contributed by atoms with van der Waals surface area (Å²) in [6.07, 6.45) is 6.64. The topological polar surface area (TPSA) is 75.2 Å². The van der Waals surface area contributed by atoms with E-state index in [1.165, 1.54) is 42.4 Å². The van der Waals surface area contributed by atoms with Crippen molar-refractivity contribution in [2.75, 3.05) is 24.2 Å². The van der Waals surface area contributed by atoms with E-state index in [-0.39, 0.29) is 11.8 Å². The standard InChI is InChI=1S/C16H26N4O2S2/c1-3-20(4-2)14(22)11-23-16-19-18-15(24-16)17-13(21)10-12-8-6-5-7-9-12/h12H,3-11H2,1-2H3,(H,17,18,21). The summed E-state index contributed by atoms with van der Waals surface area (Å²) in [5.74, 6) is 0.982. The Morgan fingerprint density at radius 1 is 1.21 bits per heavy atom. The van der Waals surface area contributed by atoms with Gasteiger partial charge >= 0.3 is 0 Å². The fraction of sp³-hybridized carbons (Fsp3) is 0.750. The Balaban J connectivity index is 1.75. The molecule has 0 atom stereocenters. The molecule has 1 aliphatic rings. The molecule has 24 heavy (non-hydrogen) atoms. The van der Waals surface area contributed by atoms with Crippen LogP contribution in [0.15, 0.2) is 4.34 Å². The quantitative estimate of drug-likeness (QED) is 0.561. The minimum absolute atomic E-state index is 0.0221. The molecule has 8 heteroatoms. The molecule has 0 unspecified atom stereocenters. The highest BCUT2D eigenvalue weighted by Crippen LogP contribution is 2.28. The molecule has 1 aromatic rings. The van der Waals surface area contributed by atoms with Crippen molar-refractivity contribution in [2.24, 2.45) is 5.92 Å². The Morgan fingerprint density at radius 3 is 2.58 bits per heavy atom. The fourth-order valence-electron chi connectivity index (χ4n) is 2.93. The molecule has 1 N–H and O–H groups in total. The van der Waals surface area contributed by atoms with Crippen LogP contribution in [0.1, 0.15) is 52.4 Å². The fourth-order valence-corrected chi connectivity index (χ4v) is 4.60. The highest BCUT2D eigenvalue weighted by Gasteiger charge is 2.18. The van der Waals surface area contributed by atoms with Gasteiger partial charge in [-0.15, -0.1) is 10.2 Å². The van der Waals surface area contributed by atoms with Gasteiger partial charge in [0.25, 0.3) is 0 Å². The molecule has 2 amide bonds. The van der Waals surface area contributed by atoms with Gasteiger partial charge in [-0.3, -0.25) is 9.59 Å². The van der Waals surface area contributed by atoms with Gasteiger partial charge in [0.1, 0.15) is 0 Å². The van der Waals surface area contributed by atoms with Crippen LogP contribution >= 0.6 is 23.1 Å². The van der Waals surface area contributed by atoms with Crippen LogP contribution in [0.3, 0.4) is 0 Å². The highest BCUT2D eigenvalue weighted by atomic mass is 32.2. The lowest BCUT2D eigenvalue weighted by molar-refractivity contribution is -0.128. The summed E-state index contributed by atoms with van der Waals surface area (Å²) in [5.41, 5.74) is 0. The number of aromatic nitrogens is 2. The lowest BCUT2D eigenvalue weighted by Gasteiger charge is -2.20. The molecule has 0 spiro atoms. The number of anilines is 1. The van der Waals surface area contributed by atoms with Crippen LogP contribution in [-0.4, -0.2) is 45.8 Å². The van der Waals surface area contributed by atoms with Crippen LogP contribution in [0, 0.1) is 5.92 Å². The van der Waals surface area contributed by atoms with E-state index in [0.717, 1.165) is 12.8 Å². The summed E-state index contributed by atoms with van der Waals surface area (Å²) in [6, 6.07) is 0. The molecule has 1 saturated carbocycles. The first-order valence-electron chi connectivity index (χ1n) is 8.66. The van der Waals surface area contributed by atoms with Gasteiger partial charge in [0.15, 0.2) is 4.34 Å². The molecule has 0 aliphatic heterocycles. The smallest absolute Gasteiger partial charge is 0.233 e. The van der Waals surface area contributed by atoms with Crippen molar-refractivity contribution >= 4 is 40.0 Å². The first kappa shape index (κ1) is 19.2. The molecular formula is C16H26N4O2S2. The number of thioether (sulfide) groups is 1. The molecule has 1 aliphatic carbocycles. The van der Waals surface area contributed by atoms with Crippen molar-refractivity contribution in [3.63, 3.8) is 0 Å². The van der Waals surface area contributed by atoms with E-state index in [1.54, 1.807) is 4.90 Å². The number of nitrogens with one attached hydrogen (secondary N) is 1. The van der Waals surface area contributed by atoms with Crippen molar-refractivity contribution < 1.29 is 9.59 Å². The molecule has 1 heterocycles. The van der Waals surface area contributed by atoms with Crippen molar-refractivity contribution in [1.82, 2.24) is 15.1 Å². The van der Waals surface area contributed by atoms with Gasteiger partial charge in [-0.05, 0) is 32.6 Å². The Hall–Kier alpha value is -1.15. The second-order valence-electron chi connectivity index (χ2n) is 5.98. The Labute approximate surface area is 151 Å². The van der Waals surface area contributed by atoms with Crippen LogP contribution < -0.4 is 5.32 Å². The van der Waals surface area contributed by atoms with E-state index in [0.29, 0.717) is 40.7 Å². The van der Waals surface area contributed by atoms with Crippen LogP contribution in [0.2, 0.25) is 0 Å². The zero-order valence-electron chi connectivity index (χ0n) is 14.4. The largest absolute Gasteiger partial charge is 0.343 e. The first-order chi connectivity index (χ1) is 11.6. The van der Waals surface area contributed by atoms with Gasteiger partial charge < -0.3 is 10.2 Å². The van der Waals surface area contributed by atoms with Crippen LogP contribution in [0.5, 0.6) is 0 Å². The number of carbonyl (C=O) groups is 2. The number of rotatable bonds is 8. The summed E-state index contributed by atoms with van der Waals surface area (Å²) in [7, 11) is 0. The molecule has 134 valence electrons. The first-order valence-corrected chi connectivity index (χ1v) is 10.5. The zero-order valence-corrected chi connectivity index (χ0v) is 16.0. The third-order valence-corrected chi connectivity index (χ3v) is 6.24. The third-order valence-electron chi connectivity index (χ3n) is 4.29. The van der Waals surface area contributed by atoms with Gasteiger partial charge in [-0.1, -0.05) is 42.4 Å². The lowest BCUT2D eigenvalue weighted by Crippen LogP contribution is -2.31. The second-order valence-corrected chi connectivity index (χ2v) is 8.18. The number of hydrogen-bond donors (Lipinski definition) is 1. The van der Waals surface area contributed by atoms with E-state index < -0.39 is 0 Å². The highest BCUT2D eigenvalue weighted by molar-refractivity contribution is 8.01. The third kappa shape index (κ3) is 6.05. The van der Waals surface area contributed by atoms with Gasteiger partial charge in [0.2, 0.25) is 16.9 Å². The van der Waals surface area contributed by atoms with Gasteiger partial charge in [0.05, 0.1) is 5.75 Å². The summed E-state index contributed by atoms with van der Waals surface area (Å²) in [5, 5.41) is 11.4. The number of amides is 2. The maximum absolute atomic E-state index is 12.1. The number of nitrogens with zero attached hydrogens (tertiary/aromatic N) is 3. The summed E-state index contributed by atoms with van der Waals surface area (Å²) in [6.45, 7) is 5.37. The van der Waals surface area contributed by atoms with E-state index in [1.807, 2.05) is 13.8 Å². The Kier molecular flexibility index (Phi) is 7.98. The Morgan fingerprint density at radius 2 is 1.92 bits per heavy atom. The van der Waals surface area contributed by atoms with Gasteiger partial charge in [-0.2, -0.15) is 0 Å². The number of hydrogen-bond acceptors (Lipinski definition) is 6. The van der Waals surface area contributed by atoms with E-state index in [4.69, 9.17) is 0 Å². The molecule has 2 rings (SSSR count). The van der Waals surface area contributed by atoms with Crippen molar-refractivity contribution in [3.8, 4) is 0 Å². The van der Waals surface area contributed by atoms with Crippen LogP contribution in [-0.2, 0) is 9.59 Å². The Bertz CT molecular complexity index is 540. The van der Waals surface area contributed by atoms with Crippen LogP contribution in [0.4, 0.5) is 5.13 Å². The van der Waals surface area contributed by atoms with Crippen molar-refractivity contribution in [2.45, 2.75) is 56.7 Å². The molecule has 0 radical (unpaired) electrons. The second kappa shape index (κ2) is 9.98. The molecule has 6 nitrogen and oxygen atoms in total. The summed E-state index contributed by atoms with van der Waals surface area (Å²) >= 11 is 2.70. The van der Waals surface area contributed by atoms with Crippen molar-refractivity contribution in [1.29, 1.82) is 0 Å². The predicted octanol–water partition coefficient (Wildman–Crippen LogP) is 3.41. The maximum Gasteiger partial charge on any atom is 0.233 e. The van der Waals surface area contributed by atoms with Gasteiger partial charge in [0, 0.05) is 19.5 Å². The van der Waals surface area contributed by atoms with E-state index in [2.05, 4.69) is 15.5 Å². The number of carbonyl (C=O) groups excluding carboxylic acids is 2. The minimum Gasteiger partial charge on any atom is -0.343 e. The van der Waals surface area contributed by atoms with Gasteiger partial charge in [-0.25, -0.2) is 0 Å². The lowest BCUT2D eigenvalue weighted by atomic mass is 9.87. The SMILES string of the molecule is CCN(CC)C(=O)CSc1nnc(NC(=O)CC2CCCCC2)s1. The van der Waals surface area contributed by atoms with Crippen molar-refractivity contribution in [3.05, 3.63) is 0 Å². The normalized spacial score (nSPS) is 15.2.